The molecule has 0 saturated heterocycles. The van der Waals surface area contributed by atoms with E-state index in [2.05, 4.69) is 19.2 Å². The zero-order chi connectivity index (χ0) is 21.6. The van der Waals surface area contributed by atoms with Gasteiger partial charge in [0.1, 0.15) is 5.75 Å². The van der Waals surface area contributed by atoms with Crippen LogP contribution in [0, 0.1) is 6.92 Å². The van der Waals surface area contributed by atoms with Crippen LogP contribution in [0.1, 0.15) is 58.1 Å². The number of hydrogen-bond donors (Lipinski definition) is 1. The van der Waals surface area contributed by atoms with Crippen LogP contribution in [0.15, 0.2) is 42.5 Å². The first-order valence-electron chi connectivity index (χ1n) is 10.1. The maximum atomic E-state index is 12.6. The van der Waals surface area contributed by atoms with Crippen molar-refractivity contribution < 1.29 is 14.3 Å². The van der Waals surface area contributed by atoms with Crippen LogP contribution in [0.2, 0.25) is 0 Å². The fraction of sp³-hybridized carbons (Fsp3) is 0.417. The van der Waals surface area contributed by atoms with Gasteiger partial charge in [0.2, 0.25) is 11.8 Å². The summed E-state index contributed by atoms with van der Waals surface area (Å²) in [5, 5.41) is 2.91. The third kappa shape index (κ3) is 6.08. The Morgan fingerprint density at radius 1 is 1.03 bits per heavy atom. The summed E-state index contributed by atoms with van der Waals surface area (Å²) in [6.45, 7) is 12.0. The first kappa shape index (κ1) is 22.5. The van der Waals surface area contributed by atoms with E-state index in [1.807, 2.05) is 63.2 Å². The minimum absolute atomic E-state index is 0.0109. The number of nitrogens with one attached hydrogen (secondary N) is 1. The number of para-hydroxylation sites is 3. The van der Waals surface area contributed by atoms with E-state index in [0.717, 1.165) is 16.8 Å². The van der Waals surface area contributed by atoms with Gasteiger partial charge < -0.3 is 15.0 Å². The second-order valence-corrected chi connectivity index (χ2v) is 7.80. The molecule has 0 aromatic heterocycles. The number of ether oxygens (including phenoxy) is 1. The average molecular weight is 397 g/mol. The van der Waals surface area contributed by atoms with Crippen LogP contribution in [-0.2, 0) is 9.59 Å². The average Bonchev–Trinajstić information content (AvgIpc) is 2.63. The molecule has 0 unspecified atom stereocenters. The summed E-state index contributed by atoms with van der Waals surface area (Å²) >= 11 is 0. The lowest BCUT2D eigenvalue weighted by Gasteiger charge is -2.27. The molecule has 0 aliphatic rings. The lowest BCUT2D eigenvalue weighted by molar-refractivity contribution is -0.117. The monoisotopic (exact) mass is 396 g/mol. The lowest BCUT2D eigenvalue weighted by Crippen LogP contribution is -2.33. The molecule has 2 rings (SSSR count). The summed E-state index contributed by atoms with van der Waals surface area (Å²) in [7, 11) is 0. The molecule has 0 aliphatic heterocycles. The van der Waals surface area contributed by atoms with E-state index in [-0.39, 0.29) is 30.3 Å². The molecular weight excluding hydrogens is 364 g/mol. The summed E-state index contributed by atoms with van der Waals surface area (Å²) in [6.07, 6.45) is 0.207. The van der Waals surface area contributed by atoms with Crippen molar-refractivity contribution in [3.63, 3.8) is 0 Å². The normalized spacial score (nSPS) is 10.9. The predicted octanol–water partition coefficient (Wildman–Crippen LogP) is 5.29. The van der Waals surface area contributed by atoms with Gasteiger partial charge in [-0.25, -0.2) is 0 Å². The molecule has 1 N–H and O–H groups in total. The van der Waals surface area contributed by atoms with Crippen LogP contribution < -0.4 is 15.0 Å². The molecule has 0 heterocycles. The van der Waals surface area contributed by atoms with Gasteiger partial charge in [-0.2, -0.15) is 0 Å². The van der Waals surface area contributed by atoms with E-state index in [1.165, 1.54) is 0 Å². The van der Waals surface area contributed by atoms with E-state index in [0.29, 0.717) is 18.0 Å². The third-order valence-electron chi connectivity index (χ3n) is 4.63. The van der Waals surface area contributed by atoms with Gasteiger partial charge in [0.05, 0.1) is 11.8 Å². The Balaban J connectivity index is 2.15. The Bertz CT molecular complexity index is 859. The molecule has 5 nitrogen and oxygen atoms in total. The smallest absolute Gasteiger partial charge is 0.226 e. The lowest BCUT2D eigenvalue weighted by atomic mass is 9.97. The van der Waals surface area contributed by atoms with Gasteiger partial charge in [0, 0.05) is 25.6 Å². The van der Waals surface area contributed by atoms with Gasteiger partial charge in [0.25, 0.3) is 0 Å². The summed E-state index contributed by atoms with van der Waals surface area (Å²) in [5.41, 5.74) is 3.68. The molecule has 2 aromatic carbocycles. The number of amides is 2. The van der Waals surface area contributed by atoms with Crippen LogP contribution in [0.3, 0.4) is 0 Å². The van der Waals surface area contributed by atoms with Crippen LogP contribution in [0.25, 0.3) is 0 Å². The molecule has 2 amide bonds. The standard InChI is InChI=1S/C24H32N2O3/c1-16(2)20-11-9-10-18(5)24(20)26(19(6)27)15-14-23(28)25-21-12-7-8-13-22(21)29-17(3)4/h7-13,16-17H,14-15H2,1-6H3,(H,25,28). The maximum absolute atomic E-state index is 12.6. The van der Waals surface area contributed by atoms with Crippen LogP contribution in [-0.4, -0.2) is 24.5 Å². The fourth-order valence-electron chi connectivity index (χ4n) is 3.30. The van der Waals surface area contributed by atoms with Crippen molar-refractivity contribution in [3.8, 4) is 5.75 Å². The van der Waals surface area contributed by atoms with Crippen molar-refractivity contribution in [1.82, 2.24) is 0 Å². The van der Waals surface area contributed by atoms with E-state index < -0.39 is 0 Å². The third-order valence-corrected chi connectivity index (χ3v) is 4.63. The van der Waals surface area contributed by atoms with Crippen LogP contribution >= 0.6 is 0 Å². The molecule has 0 fully saturated rings. The van der Waals surface area contributed by atoms with Crippen LogP contribution in [0.4, 0.5) is 11.4 Å². The van der Waals surface area contributed by atoms with Gasteiger partial charge >= 0.3 is 0 Å². The van der Waals surface area contributed by atoms with E-state index in [4.69, 9.17) is 4.74 Å². The van der Waals surface area contributed by atoms with E-state index >= 15 is 0 Å². The van der Waals surface area contributed by atoms with Crippen molar-refractivity contribution >= 4 is 23.2 Å². The molecule has 0 atom stereocenters. The number of nitrogens with zero attached hydrogens (tertiary/aromatic N) is 1. The van der Waals surface area contributed by atoms with Crippen molar-refractivity contribution in [2.75, 3.05) is 16.8 Å². The van der Waals surface area contributed by atoms with Crippen molar-refractivity contribution in [2.24, 2.45) is 0 Å². The summed E-state index contributed by atoms with van der Waals surface area (Å²) in [5.74, 6) is 0.689. The maximum Gasteiger partial charge on any atom is 0.226 e. The SMILES string of the molecule is CC(=O)N(CCC(=O)Nc1ccccc1OC(C)C)c1c(C)cccc1C(C)C. The van der Waals surface area contributed by atoms with Gasteiger partial charge in [-0.3, -0.25) is 9.59 Å². The zero-order valence-corrected chi connectivity index (χ0v) is 18.3. The van der Waals surface area contributed by atoms with Crippen molar-refractivity contribution in [2.45, 2.75) is 60.0 Å². The predicted molar refractivity (Wildman–Crippen MR) is 119 cm³/mol. The molecule has 0 spiro atoms. The Labute approximate surface area is 174 Å². The van der Waals surface area contributed by atoms with Crippen molar-refractivity contribution in [1.29, 1.82) is 0 Å². The zero-order valence-electron chi connectivity index (χ0n) is 18.3. The van der Waals surface area contributed by atoms with Gasteiger partial charge in [-0.15, -0.1) is 0 Å². The van der Waals surface area contributed by atoms with Gasteiger partial charge in [0.15, 0.2) is 0 Å². The van der Waals surface area contributed by atoms with E-state index in [9.17, 15) is 9.59 Å². The molecule has 2 aromatic rings. The number of rotatable bonds is 8. The highest BCUT2D eigenvalue weighted by Crippen LogP contribution is 2.31. The van der Waals surface area contributed by atoms with Crippen LogP contribution in [0.5, 0.6) is 5.75 Å². The number of carbonyl (C=O) groups excluding carboxylic acids is 2. The largest absolute Gasteiger partial charge is 0.489 e. The number of carbonyl (C=O) groups is 2. The topological polar surface area (TPSA) is 58.6 Å². The minimum Gasteiger partial charge on any atom is -0.489 e. The molecule has 5 heteroatoms. The molecule has 29 heavy (non-hydrogen) atoms. The first-order chi connectivity index (χ1) is 13.7. The Kier molecular flexibility index (Phi) is 7.82. The van der Waals surface area contributed by atoms with Gasteiger partial charge in [-0.05, 0) is 49.9 Å². The highest BCUT2D eigenvalue weighted by atomic mass is 16.5. The van der Waals surface area contributed by atoms with E-state index in [1.54, 1.807) is 11.8 Å². The quantitative estimate of drug-likeness (QED) is 0.660. The number of benzene rings is 2. The second-order valence-electron chi connectivity index (χ2n) is 7.80. The molecule has 156 valence electrons. The fourth-order valence-corrected chi connectivity index (χ4v) is 3.30. The number of hydrogen-bond acceptors (Lipinski definition) is 3. The first-order valence-corrected chi connectivity index (χ1v) is 10.1. The second kappa shape index (κ2) is 10.1. The van der Waals surface area contributed by atoms with Gasteiger partial charge in [-0.1, -0.05) is 44.2 Å². The molecule has 0 bridgehead atoms. The van der Waals surface area contributed by atoms with Crippen molar-refractivity contribution in [3.05, 3.63) is 53.6 Å². The molecule has 0 radical (unpaired) electrons. The Morgan fingerprint density at radius 2 is 1.72 bits per heavy atom. The Morgan fingerprint density at radius 3 is 2.34 bits per heavy atom. The summed E-state index contributed by atoms with van der Waals surface area (Å²) in [6, 6.07) is 13.4. The number of aryl methyl sites for hydroxylation is 1. The highest BCUT2D eigenvalue weighted by Gasteiger charge is 2.20. The summed E-state index contributed by atoms with van der Waals surface area (Å²) < 4.78 is 5.76. The Hall–Kier alpha value is -2.82. The number of anilines is 2. The highest BCUT2D eigenvalue weighted by molar-refractivity contribution is 5.96. The molecule has 0 saturated carbocycles. The molecule has 0 aliphatic carbocycles. The molecular formula is C24H32N2O3. The minimum atomic E-state index is -0.157. The summed E-state index contributed by atoms with van der Waals surface area (Å²) in [4.78, 5) is 26.7.